The smallest absolute Gasteiger partial charge is 0.917 e. The maximum Gasteiger partial charge on any atom is 1.00 e. The minimum absolute atomic E-state index is 0. The van der Waals surface area contributed by atoms with Gasteiger partial charge >= 0.3 is 89.6 Å². The summed E-state index contributed by atoms with van der Waals surface area (Å²) >= 11 is 8.77. The number of aromatic nitrogens is 8. The number of rotatable bonds is 9. The third kappa shape index (κ3) is 35.2. The summed E-state index contributed by atoms with van der Waals surface area (Å²) in [4.78, 5) is 141. The van der Waals surface area contributed by atoms with E-state index in [4.69, 9.17) is 41.5 Å². The number of hydrogen-bond acceptors (Lipinski definition) is 22. The molecule has 0 unspecified atom stereocenters. The molecule has 11 atom stereocenters. The molecule has 5 saturated heterocycles. The molecule has 4 aromatic rings. The van der Waals surface area contributed by atoms with Gasteiger partial charge in [-0.15, -0.1) is 0 Å². The molecule has 4 aromatic heterocycles. The molecule has 6 amide bonds. The van der Waals surface area contributed by atoms with Crippen LogP contribution in [0.5, 0.6) is 0 Å². The van der Waals surface area contributed by atoms with E-state index < -0.39 is 45.5 Å². The molecule has 9 rings (SSSR count). The summed E-state index contributed by atoms with van der Waals surface area (Å²) in [5.41, 5.74) is -1.92. The Hall–Kier alpha value is -3.50. The molecule has 107 heavy (non-hydrogen) atoms. The van der Waals surface area contributed by atoms with Crippen molar-refractivity contribution in [2.24, 2.45) is 5.92 Å². The van der Waals surface area contributed by atoms with Gasteiger partial charge in [-0.2, -0.15) is 11.0 Å². The molecule has 0 saturated carbocycles. The van der Waals surface area contributed by atoms with Crippen molar-refractivity contribution in [3.8, 4) is 0 Å². The molecule has 38 heteroatoms. The number of carbonyl (C=O) groups is 9. The fourth-order valence-corrected chi connectivity index (χ4v) is 13.4. The fourth-order valence-electron chi connectivity index (χ4n) is 11.8. The maximum atomic E-state index is 13.1. The number of alkyl carbamates (subject to hydrolysis) is 1. The topological polar surface area (TPSA) is 400 Å². The van der Waals surface area contributed by atoms with Crippen LogP contribution in [0.1, 0.15) is 258 Å². The van der Waals surface area contributed by atoms with Crippen LogP contribution < -0.4 is 64.4 Å². The molecule has 0 aromatic carbocycles. The van der Waals surface area contributed by atoms with Gasteiger partial charge in [0.15, 0.2) is 12.6 Å². The van der Waals surface area contributed by atoms with Crippen LogP contribution in [0.3, 0.4) is 0 Å². The van der Waals surface area contributed by atoms with Gasteiger partial charge in [-0.25, -0.2) is 43.9 Å². The van der Waals surface area contributed by atoms with Crippen LogP contribution in [-0.4, -0.2) is 196 Å². The predicted molar refractivity (Wildman–Crippen MR) is 428 cm³/mol. The first-order valence-electron chi connectivity index (χ1n) is 33.8. The average Bonchev–Trinajstić information content (AvgIpc) is 2.23. The standard InChI is InChI=1S/C15H23IN4O3.C13H19I2N3O2.C13H20IN3O2.C13H21N3O2.C11H19NO3.C2H2O2.2CH4.2Na.O3S/c1-8(2)12(19-15(22)23-4)14(21)20-9(3)5-6-10(20)13-17-7-11(16)18-13;1-7-5-6-8(11-16-9(14)10(15)17-11)18(7)12(19)20-13(2,3)4;1-8-5-6-9(11-15-7-10(14)16-11)17(8)12(18)19-13(2,3)4;1-9-5-6-10(11-14-7-8-15-11)16(9)12(17)18-13(2,3)4;1-8-5-6-9(7-13)12(8)10(14)15-11(2,3)4;3-1-2-4;;;;;1-4(2)3/h7-10,12H,5-6H2,1-4H3,(H,17,18)(H,19,22);7-8H,5-6H2,1-4H3,(H,16,17);7-9H,5-6H2,1-4H3,(H,15,16);7-10H,5-6H2,1-4H3,(H,14,15);7-9H,5-6H2,1-4H3;1-2H;2*1H4;;;/q;;;;;;;;2*+1;-2/t9-,10-,12-;7-,8-;8-,9-;9-,10-;8-,9-;;;;;;/m00000....../s1. The zero-order valence-electron chi connectivity index (χ0n) is 64.4. The van der Waals surface area contributed by atoms with E-state index in [1.165, 1.54) is 12.0 Å². The van der Waals surface area contributed by atoms with Crippen molar-refractivity contribution in [3.63, 3.8) is 0 Å². The number of carbonyl (C=O) groups excluding carboxylic acids is 9. The number of aromatic amines is 4. The number of likely N-dealkylation sites (tertiary alicyclic amines) is 5. The van der Waals surface area contributed by atoms with Crippen molar-refractivity contribution in [1.82, 2.24) is 69.7 Å². The molecule has 596 valence electrons. The Labute approximate surface area is 732 Å². The Balaban J connectivity index is 0. The van der Waals surface area contributed by atoms with Crippen LogP contribution in [0, 0.1) is 20.7 Å². The largest absolute Gasteiger partial charge is 1.00 e. The van der Waals surface area contributed by atoms with E-state index in [1.807, 2.05) is 128 Å². The third-order valence-electron chi connectivity index (χ3n) is 16.2. The summed E-state index contributed by atoms with van der Waals surface area (Å²) in [5.74, 6) is 3.21. The number of hydrogen-bond donors (Lipinski definition) is 5. The van der Waals surface area contributed by atoms with Crippen molar-refractivity contribution < 1.29 is 139 Å². The number of imidazole rings is 4. The van der Waals surface area contributed by atoms with E-state index >= 15 is 0 Å². The van der Waals surface area contributed by atoms with Crippen molar-refractivity contribution in [2.45, 2.75) is 299 Å². The van der Waals surface area contributed by atoms with Gasteiger partial charge in [0.25, 0.3) is 0 Å². The van der Waals surface area contributed by atoms with E-state index in [-0.39, 0.29) is 183 Å². The molecule has 31 nitrogen and oxygen atoms in total. The first kappa shape index (κ1) is 106. The summed E-state index contributed by atoms with van der Waals surface area (Å²) in [5, 5.41) is 2.66. The van der Waals surface area contributed by atoms with Gasteiger partial charge in [-0.3, -0.25) is 34.0 Å². The van der Waals surface area contributed by atoms with E-state index in [1.54, 1.807) is 34.6 Å². The van der Waals surface area contributed by atoms with Gasteiger partial charge in [-0.1, -0.05) is 28.7 Å². The van der Waals surface area contributed by atoms with E-state index in [0.717, 1.165) is 109 Å². The zero-order valence-corrected chi connectivity index (χ0v) is 77.9. The fraction of sp³-hybridized carbons (Fsp3) is 0.696. The summed E-state index contributed by atoms with van der Waals surface area (Å²) in [7, 11) is -1.82. The number of amides is 6. The van der Waals surface area contributed by atoms with Gasteiger partial charge in [0.1, 0.15) is 65.4 Å². The molecular weight excluding hydrogens is 1880 g/mol. The van der Waals surface area contributed by atoms with Crippen LogP contribution in [-0.2, 0) is 62.3 Å². The number of nitrogens with one attached hydrogen (secondary N) is 5. The molecular formula is C69H112I4N14Na2O17S. The Kier molecular flexibility index (Phi) is 47.9. The van der Waals surface area contributed by atoms with Crippen LogP contribution in [0.4, 0.5) is 24.0 Å². The number of methoxy groups -OCH3 is 1. The first-order valence-corrected chi connectivity index (χ1v) is 39.1. The first-order chi connectivity index (χ1) is 47.7. The molecule has 5 aliphatic heterocycles. The second-order valence-electron chi connectivity index (χ2n) is 29.5. The van der Waals surface area contributed by atoms with Gasteiger partial charge < -0.3 is 71.6 Å². The molecule has 5 fully saturated rings. The zero-order chi connectivity index (χ0) is 78.4. The van der Waals surface area contributed by atoms with Crippen LogP contribution in [0.25, 0.3) is 0 Å². The van der Waals surface area contributed by atoms with Crippen LogP contribution >= 0.6 is 90.4 Å². The Morgan fingerprint density at radius 2 is 0.860 bits per heavy atom. The third-order valence-corrected chi connectivity index (χ3v) is 19.9. The predicted octanol–water partition coefficient (Wildman–Crippen LogP) is 8.94. The van der Waals surface area contributed by atoms with Crippen molar-refractivity contribution >= 4 is 157 Å². The monoisotopic (exact) mass is 1990 g/mol. The SMILES string of the molecule is C.C.COC(=O)N[C@H](C(=O)N1[C@@H](C)CC[C@H]1c1ncc(I)[nH]1)C(C)C.C[C@H]1CC[C@@H](C=O)N1C(=O)OC(C)(C)C.C[C@H]1CC[C@@H](c2nc(I)c(I)[nH]2)N1C(=O)OC(C)(C)C.C[C@H]1CC[C@@H](c2ncc(I)[nH]2)N1C(=O)OC(C)(C)C.C[C@H]1CC[C@@H](c2ncc[nH]2)N1C(=O)OC(C)(C)C.O=CC=O.O=[S-](=O)[O-].[Na+].[Na+]. The second kappa shape index (κ2) is 48.5. The number of H-pyrrole nitrogens is 4. The summed E-state index contributed by atoms with van der Waals surface area (Å²) < 4.78 is 55.6. The summed E-state index contributed by atoms with van der Waals surface area (Å²) in [6.45, 7) is 36.4. The van der Waals surface area contributed by atoms with Crippen molar-refractivity contribution in [2.75, 3.05) is 7.11 Å². The molecule has 9 heterocycles. The molecule has 0 spiro atoms. The number of halogens is 4. The minimum atomic E-state index is -3.11. The van der Waals surface area contributed by atoms with E-state index in [9.17, 15) is 33.6 Å². The molecule has 0 aliphatic carbocycles. The molecule has 5 N–H and O–H groups in total. The minimum Gasteiger partial charge on any atom is -0.917 e. The Morgan fingerprint density at radius 3 is 1.15 bits per heavy atom. The van der Waals surface area contributed by atoms with Crippen LogP contribution in [0.2, 0.25) is 0 Å². The number of nitrogens with zero attached hydrogens (tertiary/aromatic N) is 9. The second-order valence-corrected chi connectivity index (χ2v) is 34.3. The van der Waals surface area contributed by atoms with Gasteiger partial charge in [0.2, 0.25) is 5.91 Å². The van der Waals surface area contributed by atoms with Gasteiger partial charge in [0.05, 0.1) is 57.1 Å². The summed E-state index contributed by atoms with van der Waals surface area (Å²) in [6, 6.07) is -0.273. The van der Waals surface area contributed by atoms with Crippen molar-refractivity contribution in [1.29, 1.82) is 0 Å². The van der Waals surface area contributed by atoms with E-state index in [2.05, 4.69) is 154 Å². The Morgan fingerprint density at radius 1 is 0.533 bits per heavy atom. The van der Waals surface area contributed by atoms with Crippen molar-refractivity contribution in [3.05, 3.63) is 62.9 Å². The molecule has 5 aliphatic rings. The summed E-state index contributed by atoms with van der Waals surface area (Å²) in [6.07, 6.45) is 15.6. The average molecular weight is 2000 g/mol. The van der Waals surface area contributed by atoms with Gasteiger partial charge in [-0.05, 0) is 278 Å². The maximum absolute atomic E-state index is 13.1. The van der Waals surface area contributed by atoms with Crippen LogP contribution in [0.15, 0.2) is 24.8 Å². The number of ether oxygens (including phenoxy) is 5. The van der Waals surface area contributed by atoms with E-state index in [0.29, 0.717) is 0 Å². The quantitative estimate of drug-likeness (QED) is 0.0152. The molecule has 0 radical (unpaired) electrons. The number of aldehydes is 3. The normalized spacial score (nSPS) is 21.7. The van der Waals surface area contributed by atoms with Gasteiger partial charge in [0, 0.05) is 42.6 Å². The molecule has 0 bridgehead atoms. The Bertz CT molecular complexity index is 3450.